The lowest BCUT2D eigenvalue weighted by Gasteiger charge is -2.12. The molecular formula is C20H26FN3O2S. The molecule has 0 unspecified atom stereocenters. The smallest absolute Gasteiger partial charge is 0.191 e. The van der Waals surface area contributed by atoms with Crippen molar-refractivity contribution in [2.75, 3.05) is 18.8 Å². The van der Waals surface area contributed by atoms with Gasteiger partial charge in [-0.05, 0) is 36.6 Å². The van der Waals surface area contributed by atoms with Crippen molar-refractivity contribution in [2.45, 2.75) is 31.7 Å². The molecule has 0 bridgehead atoms. The SMILES string of the molecule is CCNC(=NCc1ccccc1CC)NCCS(=O)(=O)c1ccccc1F. The fraction of sp³-hybridized carbons (Fsp3) is 0.350. The fourth-order valence-electron chi connectivity index (χ4n) is 2.67. The molecule has 0 saturated heterocycles. The summed E-state index contributed by atoms with van der Waals surface area (Å²) in [6.07, 6.45) is 0.927. The normalized spacial score (nSPS) is 12.0. The minimum Gasteiger partial charge on any atom is -0.357 e. The number of hydrogen-bond donors (Lipinski definition) is 2. The van der Waals surface area contributed by atoms with Crippen molar-refractivity contribution >= 4 is 15.8 Å². The van der Waals surface area contributed by atoms with Crippen LogP contribution in [-0.2, 0) is 22.8 Å². The van der Waals surface area contributed by atoms with E-state index in [0.717, 1.165) is 18.1 Å². The van der Waals surface area contributed by atoms with Gasteiger partial charge in [-0.1, -0.05) is 43.3 Å². The Balaban J connectivity index is 2.01. The first kappa shape index (κ1) is 20.9. The van der Waals surface area contributed by atoms with Gasteiger partial charge in [0.15, 0.2) is 15.8 Å². The molecule has 0 fully saturated rings. The number of rotatable bonds is 8. The number of hydrogen-bond acceptors (Lipinski definition) is 3. The number of guanidine groups is 1. The lowest BCUT2D eigenvalue weighted by molar-refractivity contribution is 0.566. The van der Waals surface area contributed by atoms with Crippen molar-refractivity contribution in [1.82, 2.24) is 10.6 Å². The van der Waals surface area contributed by atoms with Gasteiger partial charge in [0.1, 0.15) is 10.7 Å². The molecule has 5 nitrogen and oxygen atoms in total. The van der Waals surface area contributed by atoms with Gasteiger partial charge in [-0.3, -0.25) is 0 Å². The van der Waals surface area contributed by atoms with Gasteiger partial charge in [0.25, 0.3) is 0 Å². The maximum Gasteiger partial charge on any atom is 0.191 e. The highest BCUT2D eigenvalue weighted by atomic mass is 32.2. The Morgan fingerprint density at radius 3 is 2.33 bits per heavy atom. The maximum absolute atomic E-state index is 13.7. The Hall–Kier alpha value is -2.41. The summed E-state index contributed by atoms with van der Waals surface area (Å²) >= 11 is 0. The summed E-state index contributed by atoms with van der Waals surface area (Å²) < 4.78 is 38.4. The van der Waals surface area contributed by atoms with Crippen LogP contribution in [0.25, 0.3) is 0 Å². The molecule has 0 aliphatic rings. The molecule has 27 heavy (non-hydrogen) atoms. The minimum absolute atomic E-state index is 0.137. The number of benzene rings is 2. The van der Waals surface area contributed by atoms with Crippen molar-refractivity contribution in [3.05, 3.63) is 65.5 Å². The molecule has 2 rings (SSSR count). The zero-order valence-corrected chi connectivity index (χ0v) is 16.5. The lowest BCUT2D eigenvalue weighted by Crippen LogP contribution is -2.39. The second kappa shape index (κ2) is 10.1. The highest BCUT2D eigenvalue weighted by Gasteiger charge is 2.18. The number of aryl methyl sites for hydroxylation is 1. The van der Waals surface area contributed by atoms with E-state index in [1.807, 2.05) is 25.1 Å². The standard InChI is InChI=1S/C20H26FN3O2S/c1-3-16-9-5-6-10-17(16)15-24-20(22-4-2)23-13-14-27(25,26)19-12-8-7-11-18(19)21/h5-12H,3-4,13-15H2,1-2H3,(H2,22,23,24). The van der Waals surface area contributed by atoms with Crippen molar-refractivity contribution in [3.8, 4) is 0 Å². The zero-order valence-electron chi connectivity index (χ0n) is 15.7. The van der Waals surface area contributed by atoms with Gasteiger partial charge < -0.3 is 10.6 Å². The summed E-state index contributed by atoms with van der Waals surface area (Å²) in [6, 6.07) is 13.5. The van der Waals surface area contributed by atoms with E-state index < -0.39 is 15.7 Å². The van der Waals surface area contributed by atoms with Crippen LogP contribution in [-0.4, -0.2) is 33.2 Å². The third kappa shape index (κ3) is 6.06. The lowest BCUT2D eigenvalue weighted by atomic mass is 10.1. The maximum atomic E-state index is 13.7. The molecule has 0 aliphatic heterocycles. The number of sulfone groups is 1. The highest BCUT2D eigenvalue weighted by molar-refractivity contribution is 7.91. The molecule has 2 aromatic rings. The minimum atomic E-state index is -3.70. The van der Waals surface area contributed by atoms with E-state index in [0.29, 0.717) is 19.0 Å². The topological polar surface area (TPSA) is 70.6 Å². The van der Waals surface area contributed by atoms with Crippen LogP contribution < -0.4 is 10.6 Å². The molecule has 0 aromatic heterocycles. The van der Waals surface area contributed by atoms with Gasteiger partial charge in [-0.15, -0.1) is 0 Å². The van der Waals surface area contributed by atoms with Crippen LogP contribution in [0.3, 0.4) is 0 Å². The number of halogens is 1. The average molecular weight is 392 g/mol. The predicted octanol–water partition coefficient (Wildman–Crippen LogP) is 2.92. The third-order valence-corrected chi connectivity index (χ3v) is 5.83. The Morgan fingerprint density at radius 1 is 1.00 bits per heavy atom. The highest BCUT2D eigenvalue weighted by Crippen LogP contribution is 2.14. The van der Waals surface area contributed by atoms with Crippen molar-refractivity contribution in [3.63, 3.8) is 0 Å². The summed E-state index contributed by atoms with van der Waals surface area (Å²) in [4.78, 5) is 4.26. The third-order valence-electron chi connectivity index (χ3n) is 4.09. The van der Waals surface area contributed by atoms with E-state index in [2.05, 4.69) is 28.6 Å². The molecule has 146 valence electrons. The number of nitrogens with one attached hydrogen (secondary N) is 2. The molecular weight excluding hydrogens is 365 g/mol. The predicted molar refractivity (Wildman–Crippen MR) is 107 cm³/mol. The van der Waals surface area contributed by atoms with Crippen LogP contribution in [0.15, 0.2) is 58.4 Å². The van der Waals surface area contributed by atoms with E-state index in [4.69, 9.17) is 0 Å². The van der Waals surface area contributed by atoms with E-state index >= 15 is 0 Å². The Kier molecular flexibility index (Phi) is 7.79. The summed E-state index contributed by atoms with van der Waals surface area (Å²) in [5, 5.41) is 6.11. The molecule has 0 radical (unpaired) electrons. The van der Waals surface area contributed by atoms with Crippen LogP contribution in [0, 0.1) is 5.82 Å². The van der Waals surface area contributed by atoms with E-state index in [1.165, 1.54) is 23.8 Å². The Labute approximate surface area is 160 Å². The van der Waals surface area contributed by atoms with Crippen LogP contribution >= 0.6 is 0 Å². The molecule has 7 heteroatoms. The molecule has 2 N–H and O–H groups in total. The second-order valence-corrected chi connectivity index (χ2v) is 8.07. The number of aliphatic imine (C=N–C) groups is 1. The Bertz CT molecular complexity index is 882. The van der Waals surface area contributed by atoms with Crippen LogP contribution in [0.4, 0.5) is 4.39 Å². The Morgan fingerprint density at radius 2 is 1.67 bits per heavy atom. The van der Waals surface area contributed by atoms with Gasteiger partial charge in [0.2, 0.25) is 0 Å². The zero-order chi connectivity index (χ0) is 19.7. The number of nitrogens with zero attached hydrogens (tertiary/aromatic N) is 1. The molecule has 2 aromatic carbocycles. The molecule has 0 amide bonds. The first-order valence-corrected chi connectivity index (χ1v) is 10.7. The van der Waals surface area contributed by atoms with Crippen molar-refractivity contribution < 1.29 is 12.8 Å². The molecule has 0 atom stereocenters. The van der Waals surface area contributed by atoms with Gasteiger partial charge in [-0.2, -0.15) is 0 Å². The van der Waals surface area contributed by atoms with Crippen LogP contribution in [0.1, 0.15) is 25.0 Å². The van der Waals surface area contributed by atoms with E-state index in [-0.39, 0.29) is 17.2 Å². The summed E-state index contributed by atoms with van der Waals surface area (Å²) in [7, 11) is -3.70. The van der Waals surface area contributed by atoms with Crippen molar-refractivity contribution in [2.24, 2.45) is 4.99 Å². The molecule has 0 aliphatic carbocycles. The van der Waals surface area contributed by atoms with Gasteiger partial charge in [0.05, 0.1) is 12.3 Å². The molecule has 0 spiro atoms. The van der Waals surface area contributed by atoms with Gasteiger partial charge in [-0.25, -0.2) is 17.8 Å². The molecule has 0 saturated carbocycles. The summed E-state index contributed by atoms with van der Waals surface area (Å²) in [6.45, 7) is 5.32. The quantitative estimate of drug-likeness (QED) is 0.536. The van der Waals surface area contributed by atoms with Crippen LogP contribution in [0.2, 0.25) is 0 Å². The summed E-state index contributed by atoms with van der Waals surface area (Å²) in [5.74, 6) is -0.412. The summed E-state index contributed by atoms with van der Waals surface area (Å²) in [5.41, 5.74) is 2.37. The van der Waals surface area contributed by atoms with E-state index in [9.17, 15) is 12.8 Å². The first-order chi connectivity index (χ1) is 13.0. The first-order valence-electron chi connectivity index (χ1n) is 9.04. The largest absolute Gasteiger partial charge is 0.357 e. The molecule has 0 heterocycles. The monoisotopic (exact) mass is 391 g/mol. The van der Waals surface area contributed by atoms with Gasteiger partial charge >= 0.3 is 0 Å². The van der Waals surface area contributed by atoms with E-state index in [1.54, 1.807) is 0 Å². The van der Waals surface area contributed by atoms with Crippen LogP contribution in [0.5, 0.6) is 0 Å². The van der Waals surface area contributed by atoms with Crippen molar-refractivity contribution in [1.29, 1.82) is 0 Å². The average Bonchev–Trinajstić information content (AvgIpc) is 2.66. The van der Waals surface area contributed by atoms with Gasteiger partial charge in [0, 0.05) is 13.1 Å². The fourth-order valence-corrected chi connectivity index (χ4v) is 3.92. The second-order valence-electron chi connectivity index (χ2n) is 5.99.